The molecule has 2 rings (SSSR count). The Labute approximate surface area is 108 Å². The van der Waals surface area contributed by atoms with E-state index in [0.29, 0.717) is 6.54 Å². The quantitative estimate of drug-likeness (QED) is 0.873. The second-order valence-corrected chi connectivity index (χ2v) is 4.71. The molecule has 1 aromatic heterocycles. The molecule has 0 aliphatic carbocycles. The average Bonchev–Trinajstić information content (AvgIpc) is 2.42. The van der Waals surface area contributed by atoms with Crippen molar-refractivity contribution in [3.63, 3.8) is 0 Å². The molecule has 2 heterocycles. The number of likely N-dealkylation sites (N-methyl/N-ethyl adjacent to an activating group) is 1. The van der Waals surface area contributed by atoms with Crippen molar-refractivity contribution >= 4 is 5.91 Å². The standard InChI is InChI=1S/C14H21N3O/c1-3-11-6-4-8-16-13(11)10-17-9-5-7-12(15-2)14(17)18/h4,6,8,12,15H,3,5,7,9-10H2,1-2H3. The summed E-state index contributed by atoms with van der Waals surface area (Å²) in [5.41, 5.74) is 2.27. The minimum atomic E-state index is -0.0208. The summed E-state index contributed by atoms with van der Waals surface area (Å²) in [5, 5.41) is 3.09. The topological polar surface area (TPSA) is 45.2 Å². The monoisotopic (exact) mass is 247 g/mol. The Balaban J connectivity index is 2.10. The molecular formula is C14H21N3O. The van der Waals surface area contributed by atoms with Gasteiger partial charge in [-0.3, -0.25) is 9.78 Å². The Hall–Kier alpha value is -1.42. The van der Waals surface area contributed by atoms with E-state index >= 15 is 0 Å². The van der Waals surface area contributed by atoms with Crippen molar-refractivity contribution in [1.29, 1.82) is 0 Å². The van der Waals surface area contributed by atoms with E-state index in [-0.39, 0.29) is 11.9 Å². The average molecular weight is 247 g/mol. The minimum absolute atomic E-state index is 0.0208. The van der Waals surface area contributed by atoms with Crippen LogP contribution in [0.2, 0.25) is 0 Å². The number of hydrogen-bond acceptors (Lipinski definition) is 3. The fourth-order valence-electron chi connectivity index (χ4n) is 2.48. The van der Waals surface area contributed by atoms with Gasteiger partial charge in [0.1, 0.15) is 0 Å². The summed E-state index contributed by atoms with van der Waals surface area (Å²) >= 11 is 0. The molecule has 1 aliphatic rings. The smallest absolute Gasteiger partial charge is 0.240 e. The molecule has 1 unspecified atom stereocenters. The third-order valence-corrected chi connectivity index (χ3v) is 3.59. The van der Waals surface area contributed by atoms with Gasteiger partial charge < -0.3 is 10.2 Å². The van der Waals surface area contributed by atoms with E-state index < -0.39 is 0 Å². The molecule has 1 N–H and O–H groups in total. The van der Waals surface area contributed by atoms with Crippen LogP contribution in [0.3, 0.4) is 0 Å². The Bertz CT molecular complexity index is 419. The second-order valence-electron chi connectivity index (χ2n) is 4.71. The third kappa shape index (κ3) is 2.70. The van der Waals surface area contributed by atoms with Gasteiger partial charge >= 0.3 is 0 Å². The predicted octanol–water partition coefficient (Wildman–Crippen LogP) is 1.35. The number of piperidine rings is 1. The molecule has 0 radical (unpaired) electrons. The van der Waals surface area contributed by atoms with Crippen LogP contribution in [-0.2, 0) is 17.8 Å². The van der Waals surface area contributed by atoms with Crippen molar-refractivity contribution in [2.45, 2.75) is 38.8 Å². The van der Waals surface area contributed by atoms with Gasteiger partial charge in [0, 0.05) is 12.7 Å². The molecule has 18 heavy (non-hydrogen) atoms. The van der Waals surface area contributed by atoms with Crippen molar-refractivity contribution in [1.82, 2.24) is 15.2 Å². The van der Waals surface area contributed by atoms with Crippen molar-refractivity contribution in [2.75, 3.05) is 13.6 Å². The van der Waals surface area contributed by atoms with E-state index in [9.17, 15) is 4.79 Å². The van der Waals surface area contributed by atoms with E-state index in [1.54, 1.807) is 6.20 Å². The number of hydrogen-bond donors (Lipinski definition) is 1. The summed E-state index contributed by atoms with van der Waals surface area (Å²) in [6, 6.07) is 4.02. The van der Waals surface area contributed by atoms with Gasteiger partial charge in [-0.2, -0.15) is 0 Å². The summed E-state index contributed by atoms with van der Waals surface area (Å²) in [6.07, 6.45) is 4.76. The van der Waals surface area contributed by atoms with E-state index in [4.69, 9.17) is 0 Å². The van der Waals surface area contributed by atoms with Gasteiger partial charge in [0.25, 0.3) is 0 Å². The summed E-state index contributed by atoms with van der Waals surface area (Å²) in [4.78, 5) is 18.5. The molecule has 0 spiro atoms. The molecule has 1 amide bonds. The largest absolute Gasteiger partial charge is 0.335 e. The number of carbonyl (C=O) groups is 1. The molecule has 0 aromatic carbocycles. The van der Waals surface area contributed by atoms with Crippen LogP contribution in [0, 0.1) is 0 Å². The number of nitrogens with zero attached hydrogens (tertiary/aromatic N) is 2. The van der Waals surface area contributed by atoms with Crippen molar-refractivity contribution < 1.29 is 4.79 Å². The van der Waals surface area contributed by atoms with Crippen LogP contribution in [0.5, 0.6) is 0 Å². The van der Waals surface area contributed by atoms with E-state index in [2.05, 4.69) is 23.3 Å². The first-order valence-corrected chi connectivity index (χ1v) is 6.65. The van der Waals surface area contributed by atoms with Crippen molar-refractivity contribution in [2.24, 2.45) is 0 Å². The Morgan fingerprint density at radius 3 is 3.11 bits per heavy atom. The highest BCUT2D eigenvalue weighted by Crippen LogP contribution is 2.16. The van der Waals surface area contributed by atoms with Gasteiger partial charge in [-0.1, -0.05) is 13.0 Å². The molecule has 98 valence electrons. The molecule has 4 nitrogen and oxygen atoms in total. The van der Waals surface area contributed by atoms with Gasteiger partial charge in [0.05, 0.1) is 18.3 Å². The number of rotatable bonds is 4. The first-order chi connectivity index (χ1) is 8.76. The van der Waals surface area contributed by atoms with Gasteiger partial charge in [-0.15, -0.1) is 0 Å². The Kier molecular flexibility index (Phi) is 4.31. The zero-order valence-electron chi connectivity index (χ0n) is 11.1. The highest BCUT2D eigenvalue weighted by molar-refractivity contribution is 5.82. The molecule has 0 saturated carbocycles. The summed E-state index contributed by atoms with van der Waals surface area (Å²) < 4.78 is 0. The van der Waals surface area contributed by atoms with Crippen LogP contribution >= 0.6 is 0 Å². The lowest BCUT2D eigenvalue weighted by Gasteiger charge is -2.32. The summed E-state index contributed by atoms with van der Waals surface area (Å²) in [7, 11) is 1.85. The van der Waals surface area contributed by atoms with Crippen molar-refractivity contribution in [3.05, 3.63) is 29.6 Å². The number of amides is 1. The molecule has 1 fully saturated rings. The first-order valence-electron chi connectivity index (χ1n) is 6.65. The number of likely N-dealkylation sites (tertiary alicyclic amines) is 1. The van der Waals surface area contributed by atoms with E-state index in [1.165, 1.54) is 5.56 Å². The lowest BCUT2D eigenvalue weighted by molar-refractivity contribution is -0.136. The Morgan fingerprint density at radius 1 is 1.56 bits per heavy atom. The van der Waals surface area contributed by atoms with Crippen LogP contribution in [0.15, 0.2) is 18.3 Å². The SMILES string of the molecule is CCc1cccnc1CN1CCCC(NC)C1=O. The predicted molar refractivity (Wildman–Crippen MR) is 71.1 cm³/mol. The fourth-order valence-corrected chi connectivity index (χ4v) is 2.48. The minimum Gasteiger partial charge on any atom is -0.335 e. The van der Waals surface area contributed by atoms with Crippen LogP contribution in [-0.4, -0.2) is 35.4 Å². The highest BCUT2D eigenvalue weighted by Gasteiger charge is 2.27. The summed E-state index contributed by atoms with van der Waals surface area (Å²) in [6.45, 7) is 3.60. The zero-order valence-corrected chi connectivity index (χ0v) is 11.1. The zero-order chi connectivity index (χ0) is 13.0. The molecule has 1 aromatic rings. The number of pyridine rings is 1. The van der Waals surface area contributed by atoms with E-state index in [1.807, 2.05) is 18.0 Å². The molecule has 0 bridgehead atoms. The van der Waals surface area contributed by atoms with Gasteiger partial charge in [-0.05, 0) is 37.9 Å². The number of aromatic nitrogens is 1. The third-order valence-electron chi connectivity index (χ3n) is 3.59. The normalized spacial score (nSPS) is 20.2. The second kappa shape index (κ2) is 5.96. The van der Waals surface area contributed by atoms with Crippen molar-refractivity contribution in [3.8, 4) is 0 Å². The maximum atomic E-state index is 12.2. The maximum absolute atomic E-state index is 12.2. The van der Waals surface area contributed by atoms with Gasteiger partial charge in [0.2, 0.25) is 5.91 Å². The number of nitrogens with one attached hydrogen (secondary N) is 1. The molecular weight excluding hydrogens is 226 g/mol. The molecule has 1 aliphatic heterocycles. The molecule has 1 saturated heterocycles. The lowest BCUT2D eigenvalue weighted by Crippen LogP contribution is -2.49. The van der Waals surface area contributed by atoms with Crippen LogP contribution in [0.4, 0.5) is 0 Å². The first kappa shape index (κ1) is 13.0. The lowest BCUT2D eigenvalue weighted by atomic mass is 10.0. The van der Waals surface area contributed by atoms with Crippen LogP contribution in [0.25, 0.3) is 0 Å². The van der Waals surface area contributed by atoms with Gasteiger partial charge in [0.15, 0.2) is 0 Å². The fraction of sp³-hybridized carbons (Fsp3) is 0.571. The molecule has 1 atom stereocenters. The number of carbonyl (C=O) groups excluding carboxylic acids is 1. The van der Waals surface area contributed by atoms with Gasteiger partial charge in [-0.25, -0.2) is 0 Å². The van der Waals surface area contributed by atoms with Crippen LogP contribution < -0.4 is 5.32 Å². The van der Waals surface area contributed by atoms with Crippen LogP contribution in [0.1, 0.15) is 31.0 Å². The highest BCUT2D eigenvalue weighted by atomic mass is 16.2. The maximum Gasteiger partial charge on any atom is 0.240 e. The summed E-state index contributed by atoms with van der Waals surface area (Å²) in [5.74, 6) is 0.205. The van der Waals surface area contributed by atoms with E-state index in [0.717, 1.165) is 31.5 Å². The Morgan fingerprint density at radius 2 is 2.39 bits per heavy atom. The number of aryl methyl sites for hydroxylation is 1. The molecule has 4 heteroatoms.